The fourth-order valence-corrected chi connectivity index (χ4v) is 2.12. The first kappa shape index (κ1) is 12.9. The van der Waals surface area contributed by atoms with E-state index in [1.54, 1.807) is 12.1 Å². The summed E-state index contributed by atoms with van der Waals surface area (Å²) in [6.45, 7) is 5.08. The quantitative estimate of drug-likeness (QED) is 0.771. The maximum absolute atomic E-state index is 8.79. The van der Waals surface area contributed by atoms with E-state index in [1.165, 1.54) is 13.0 Å². The molecule has 2 atom stereocenters. The SMILES string of the molecule is CC1CC1CN(C)CCOc1cccc(C#N)c1. The molecule has 0 saturated heterocycles. The molecule has 0 radical (unpaired) electrons. The molecule has 0 spiro atoms. The lowest BCUT2D eigenvalue weighted by Gasteiger charge is -2.16. The fraction of sp³-hybridized carbons (Fsp3) is 0.533. The van der Waals surface area contributed by atoms with Crippen LogP contribution in [0.1, 0.15) is 18.9 Å². The van der Waals surface area contributed by atoms with Crippen molar-refractivity contribution in [1.29, 1.82) is 5.26 Å². The van der Waals surface area contributed by atoms with Crippen LogP contribution in [0.3, 0.4) is 0 Å². The molecule has 0 N–H and O–H groups in total. The lowest BCUT2D eigenvalue weighted by molar-refractivity contribution is 0.230. The van der Waals surface area contributed by atoms with Crippen LogP contribution in [-0.4, -0.2) is 31.6 Å². The summed E-state index contributed by atoms with van der Waals surface area (Å²) >= 11 is 0. The van der Waals surface area contributed by atoms with Crippen LogP contribution in [-0.2, 0) is 0 Å². The predicted molar refractivity (Wildman–Crippen MR) is 71.4 cm³/mol. The van der Waals surface area contributed by atoms with E-state index in [0.29, 0.717) is 12.2 Å². The molecule has 1 aliphatic rings. The van der Waals surface area contributed by atoms with Gasteiger partial charge in [0.2, 0.25) is 0 Å². The number of hydrogen-bond acceptors (Lipinski definition) is 3. The highest BCUT2D eigenvalue weighted by atomic mass is 16.5. The molecule has 1 fully saturated rings. The highest BCUT2D eigenvalue weighted by molar-refractivity contribution is 5.36. The van der Waals surface area contributed by atoms with Gasteiger partial charge >= 0.3 is 0 Å². The van der Waals surface area contributed by atoms with Gasteiger partial charge in [0.1, 0.15) is 12.4 Å². The van der Waals surface area contributed by atoms with E-state index < -0.39 is 0 Å². The van der Waals surface area contributed by atoms with Crippen LogP contribution >= 0.6 is 0 Å². The fourth-order valence-electron chi connectivity index (χ4n) is 2.12. The Morgan fingerprint density at radius 1 is 1.50 bits per heavy atom. The number of ether oxygens (including phenoxy) is 1. The zero-order valence-electron chi connectivity index (χ0n) is 11.1. The van der Waals surface area contributed by atoms with E-state index >= 15 is 0 Å². The maximum Gasteiger partial charge on any atom is 0.120 e. The Hall–Kier alpha value is -1.53. The Bertz CT molecular complexity index is 438. The first-order valence-electron chi connectivity index (χ1n) is 6.50. The second-order valence-electron chi connectivity index (χ2n) is 5.22. The molecule has 1 aromatic carbocycles. The molecule has 1 aliphatic carbocycles. The number of nitrogens with zero attached hydrogens (tertiary/aromatic N) is 2. The van der Waals surface area contributed by atoms with Crippen molar-refractivity contribution in [2.45, 2.75) is 13.3 Å². The molecule has 3 nitrogen and oxygen atoms in total. The number of rotatable bonds is 6. The Kier molecular flexibility index (Phi) is 4.22. The highest BCUT2D eigenvalue weighted by Crippen LogP contribution is 2.37. The summed E-state index contributed by atoms with van der Waals surface area (Å²) in [5.41, 5.74) is 0.646. The van der Waals surface area contributed by atoms with Crippen LogP contribution in [0.25, 0.3) is 0 Å². The van der Waals surface area contributed by atoms with Gasteiger partial charge in [-0.25, -0.2) is 0 Å². The van der Waals surface area contributed by atoms with Crippen molar-refractivity contribution in [1.82, 2.24) is 4.90 Å². The minimum absolute atomic E-state index is 0.646. The summed E-state index contributed by atoms with van der Waals surface area (Å²) in [5, 5.41) is 8.79. The first-order valence-corrected chi connectivity index (χ1v) is 6.50. The van der Waals surface area contributed by atoms with Crippen LogP contribution in [0.4, 0.5) is 0 Å². The summed E-state index contributed by atoms with van der Waals surface area (Å²) in [4.78, 5) is 2.32. The average molecular weight is 244 g/mol. The van der Waals surface area contributed by atoms with Crippen molar-refractivity contribution in [2.75, 3.05) is 26.7 Å². The van der Waals surface area contributed by atoms with Crippen LogP contribution in [0.15, 0.2) is 24.3 Å². The molecule has 18 heavy (non-hydrogen) atoms. The van der Waals surface area contributed by atoms with Crippen molar-refractivity contribution >= 4 is 0 Å². The van der Waals surface area contributed by atoms with Crippen LogP contribution in [0.2, 0.25) is 0 Å². The number of benzene rings is 1. The van der Waals surface area contributed by atoms with Gasteiger partial charge in [-0.2, -0.15) is 5.26 Å². The van der Waals surface area contributed by atoms with Gasteiger partial charge in [0.25, 0.3) is 0 Å². The van der Waals surface area contributed by atoms with Crippen molar-refractivity contribution < 1.29 is 4.74 Å². The summed E-state index contributed by atoms with van der Waals surface area (Å²) in [5.74, 6) is 2.57. The van der Waals surface area contributed by atoms with Crippen molar-refractivity contribution in [3.63, 3.8) is 0 Å². The third-order valence-corrected chi connectivity index (χ3v) is 3.53. The molecule has 1 saturated carbocycles. The molecule has 0 bridgehead atoms. The lowest BCUT2D eigenvalue weighted by Crippen LogP contribution is -2.26. The van der Waals surface area contributed by atoms with E-state index in [4.69, 9.17) is 10.00 Å². The molecule has 3 heteroatoms. The summed E-state index contributed by atoms with van der Waals surface area (Å²) in [6, 6.07) is 9.42. The van der Waals surface area contributed by atoms with Gasteiger partial charge in [0.05, 0.1) is 11.6 Å². The highest BCUT2D eigenvalue weighted by Gasteiger charge is 2.32. The van der Waals surface area contributed by atoms with Gasteiger partial charge in [0.15, 0.2) is 0 Å². The molecule has 0 aromatic heterocycles. The third-order valence-electron chi connectivity index (χ3n) is 3.53. The molecule has 2 unspecified atom stereocenters. The van der Waals surface area contributed by atoms with E-state index in [-0.39, 0.29) is 0 Å². The van der Waals surface area contributed by atoms with Gasteiger partial charge < -0.3 is 9.64 Å². The smallest absolute Gasteiger partial charge is 0.120 e. The number of likely N-dealkylation sites (N-methyl/N-ethyl adjacent to an activating group) is 1. The maximum atomic E-state index is 8.79. The van der Waals surface area contributed by atoms with Crippen LogP contribution in [0.5, 0.6) is 5.75 Å². The molecule has 96 valence electrons. The summed E-state index contributed by atoms with van der Waals surface area (Å²) in [6.07, 6.45) is 1.37. The monoisotopic (exact) mass is 244 g/mol. The second-order valence-corrected chi connectivity index (χ2v) is 5.22. The minimum Gasteiger partial charge on any atom is -0.492 e. The van der Waals surface area contributed by atoms with E-state index in [2.05, 4.69) is 24.9 Å². The van der Waals surface area contributed by atoms with Crippen LogP contribution < -0.4 is 4.74 Å². The van der Waals surface area contributed by atoms with Crippen LogP contribution in [0, 0.1) is 23.2 Å². The zero-order valence-corrected chi connectivity index (χ0v) is 11.1. The van der Waals surface area contributed by atoms with Gasteiger partial charge in [-0.1, -0.05) is 13.0 Å². The topological polar surface area (TPSA) is 36.3 Å². The molecule has 1 aromatic rings. The predicted octanol–water partition coefficient (Wildman–Crippen LogP) is 2.52. The number of hydrogen-bond donors (Lipinski definition) is 0. The van der Waals surface area contributed by atoms with Crippen molar-refractivity contribution in [3.05, 3.63) is 29.8 Å². The normalized spacial score (nSPS) is 21.7. The van der Waals surface area contributed by atoms with Gasteiger partial charge in [0, 0.05) is 13.1 Å². The Labute approximate surface area is 109 Å². The van der Waals surface area contributed by atoms with E-state index in [0.717, 1.165) is 24.1 Å². The largest absolute Gasteiger partial charge is 0.492 e. The van der Waals surface area contributed by atoms with E-state index in [9.17, 15) is 0 Å². The van der Waals surface area contributed by atoms with Gasteiger partial charge in [-0.15, -0.1) is 0 Å². The summed E-state index contributed by atoms with van der Waals surface area (Å²) < 4.78 is 5.66. The van der Waals surface area contributed by atoms with Gasteiger partial charge in [-0.05, 0) is 43.5 Å². The molecular weight excluding hydrogens is 224 g/mol. The van der Waals surface area contributed by atoms with Crippen molar-refractivity contribution in [3.8, 4) is 11.8 Å². The van der Waals surface area contributed by atoms with Crippen molar-refractivity contribution in [2.24, 2.45) is 11.8 Å². The second kappa shape index (κ2) is 5.88. The van der Waals surface area contributed by atoms with Gasteiger partial charge in [-0.3, -0.25) is 0 Å². The number of nitriles is 1. The molecule has 0 heterocycles. The first-order chi connectivity index (χ1) is 8.69. The average Bonchev–Trinajstić information content (AvgIpc) is 3.05. The standard InChI is InChI=1S/C15H20N2O/c1-12-8-14(12)11-17(2)6-7-18-15-5-3-4-13(9-15)10-16/h3-5,9,12,14H,6-8,11H2,1-2H3. The molecule has 2 rings (SSSR count). The lowest BCUT2D eigenvalue weighted by atomic mass is 10.2. The summed E-state index contributed by atoms with van der Waals surface area (Å²) in [7, 11) is 2.14. The molecule has 0 amide bonds. The van der Waals surface area contributed by atoms with E-state index in [1.807, 2.05) is 12.1 Å². The zero-order chi connectivity index (χ0) is 13.0. The minimum atomic E-state index is 0.646. The Morgan fingerprint density at radius 2 is 2.28 bits per heavy atom. The Balaban J connectivity index is 1.69. The molecular formula is C15H20N2O. The molecule has 0 aliphatic heterocycles. The Morgan fingerprint density at radius 3 is 2.94 bits per heavy atom. The third kappa shape index (κ3) is 3.75.